The zero-order valence-corrected chi connectivity index (χ0v) is 9.81. The molecule has 0 bridgehead atoms. The molecule has 1 aliphatic carbocycles. The highest BCUT2D eigenvalue weighted by Gasteiger charge is 2.45. The minimum atomic E-state index is 0.592. The van der Waals surface area contributed by atoms with Crippen LogP contribution in [0.3, 0.4) is 0 Å². The first-order valence-electron chi connectivity index (χ1n) is 6.48. The van der Waals surface area contributed by atoms with Crippen molar-refractivity contribution < 1.29 is 0 Å². The average Bonchev–Trinajstić information content (AvgIpc) is 2.88. The van der Waals surface area contributed by atoms with Crippen LogP contribution in [-0.4, -0.2) is 12.1 Å². The normalized spacial score (nSPS) is 32.8. The molecule has 82 valence electrons. The van der Waals surface area contributed by atoms with Gasteiger partial charge in [-0.2, -0.15) is 0 Å². The fourth-order valence-electron chi connectivity index (χ4n) is 3.06. The fraction of sp³-hybridized carbons (Fsp3) is 1.00. The number of nitrogens with one attached hydrogen (secondary N) is 1. The van der Waals surface area contributed by atoms with E-state index in [1.807, 2.05) is 0 Å². The van der Waals surface area contributed by atoms with Gasteiger partial charge in [0, 0.05) is 5.54 Å². The van der Waals surface area contributed by atoms with Crippen molar-refractivity contribution in [3.05, 3.63) is 0 Å². The van der Waals surface area contributed by atoms with Gasteiger partial charge in [0.25, 0.3) is 0 Å². The number of rotatable bonds is 5. The van der Waals surface area contributed by atoms with Crippen LogP contribution >= 0.6 is 0 Å². The molecule has 1 N–H and O–H groups in total. The summed E-state index contributed by atoms with van der Waals surface area (Å²) in [5.74, 6) is 1.92. The number of hydrogen-bond donors (Lipinski definition) is 1. The zero-order valence-electron chi connectivity index (χ0n) is 9.81. The molecule has 0 amide bonds. The van der Waals surface area contributed by atoms with Gasteiger partial charge in [-0.1, -0.05) is 26.7 Å². The Morgan fingerprint density at radius 3 is 2.64 bits per heavy atom. The molecule has 1 heterocycles. The standard InChI is InChI=1S/C13H25N/c1-11(2)5-3-8-13(12-6-7-12)9-4-10-14-13/h11-12,14H,3-10H2,1-2H3. The lowest BCUT2D eigenvalue weighted by Gasteiger charge is -2.30. The molecule has 1 saturated carbocycles. The first-order valence-corrected chi connectivity index (χ1v) is 6.48. The maximum Gasteiger partial charge on any atom is 0.0210 e. The molecule has 1 atom stereocenters. The van der Waals surface area contributed by atoms with Crippen LogP contribution in [0.15, 0.2) is 0 Å². The fourth-order valence-corrected chi connectivity index (χ4v) is 3.06. The van der Waals surface area contributed by atoms with Crippen molar-refractivity contribution in [3.63, 3.8) is 0 Å². The molecular formula is C13H25N. The van der Waals surface area contributed by atoms with Gasteiger partial charge in [-0.05, 0) is 50.5 Å². The van der Waals surface area contributed by atoms with Gasteiger partial charge in [-0.25, -0.2) is 0 Å². The first kappa shape index (κ1) is 10.5. The van der Waals surface area contributed by atoms with E-state index in [9.17, 15) is 0 Å². The Balaban J connectivity index is 1.79. The zero-order chi connectivity index (χ0) is 10.0. The second-order valence-corrected chi connectivity index (χ2v) is 5.75. The van der Waals surface area contributed by atoms with Crippen molar-refractivity contribution in [2.24, 2.45) is 11.8 Å². The maximum atomic E-state index is 3.81. The predicted molar refractivity (Wildman–Crippen MR) is 61.4 cm³/mol. The van der Waals surface area contributed by atoms with Crippen LogP contribution in [0.4, 0.5) is 0 Å². The molecule has 1 aliphatic heterocycles. The van der Waals surface area contributed by atoms with E-state index >= 15 is 0 Å². The van der Waals surface area contributed by atoms with E-state index in [0.29, 0.717) is 5.54 Å². The lowest BCUT2D eigenvalue weighted by molar-refractivity contribution is 0.286. The highest BCUT2D eigenvalue weighted by atomic mass is 15.0. The molecule has 1 saturated heterocycles. The molecule has 1 nitrogen and oxygen atoms in total. The van der Waals surface area contributed by atoms with Gasteiger partial charge in [-0.15, -0.1) is 0 Å². The summed E-state index contributed by atoms with van der Waals surface area (Å²) in [6, 6.07) is 0. The minimum Gasteiger partial charge on any atom is -0.311 e. The minimum absolute atomic E-state index is 0.592. The third-order valence-corrected chi connectivity index (χ3v) is 4.04. The van der Waals surface area contributed by atoms with Gasteiger partial charge in [0.15, 0.2) is 0 Å². The topological polar surface area (TPSA) is 12.0 Å². The molecule has 0 aromatic heterocycles. The lowest BCUT2D eigenvalue weighted by atomic mass is 9.85. The highest BCUT2D eigenvalue weighted by Crippen LogP contribution is 2.46. The van der Waals surface area contributed by atoms with Crippen molar-refractivity contribution in [3.8, 4) is 0 Å². The SMILES string of the molecule is CC(C)CCCC1(C2CC2)CCCN1. The largest absolute Gasteiger partial charge is 0.311 e. The van der Waals surface area contributed by atoms with Gasteiger partial charge >= 0.3 is 0 Å². The van der Waals surface area contributed by atoms with Gasteiger partial charge in [-0.3, -0.25) is 0 Å². The molecule has 14 heavy (non-hydrogen) atoms. The van der Waals surface area contributed by atoms with Crippen LogP contribution in [0, 0.1) is 11.8 Å². The molecule has 2 rings (SSSR count). The van der Waals surface area contributed by atoms with Crippen molar-refractivity contribution >= 4 is 0 Å². The third-order valence-electron chi connectivity index (χ3n) is 4.04. The molecule has 0 aromatic carbocycles. The van der Waals surface area contributed by atoms with Crippen molar-refractivity contribution in [1.29, 1.82) is 0 Å². The van der Waals surface area contributed by atoms with E-state index in [0.717, 1.165) is 11.8 Å². The number of hydrogen-bond acceptors (Lipinski definition) is 1. The Kier molecular flexibility index (Phi) is 3.16. The van der Waals surface area contributed by atoms with E-state index < -0.39 is 0 Å². The maximum absolute atomic E-state index is 3.81. The van der Waals surface area contributed by atoms with E-state index in [-0.39, 0.29) is 0 Å². The summed E-state index contributed by atoms with van der Waals surface area (Å²) < 4.78 is 0. The predicted octanol–water partition coefficient (Wildman–Crippen LogP) is 3.34. The van der Waals surface area contributed by atoms with Crippen molar-refractivity contribution in [2.45, 2.75) is 64.3 Å². The Morgan fingerprint density at radius 2 is 2.14 bits per heavy atom. The van der Waals surface area contributed by atoms with Gasteiger partial charge < -0.3 is 5.32 Å². The van der Waals surface area contributed by atoms with Crippen LogP contribution in [0.25, 0.3) is 0 Å². The quantitative estimate of drug-likeness (QED) is 0.709. The molecule has 0 spiro atoms. The monoisotopic (exact) mass is 195 g/mol. The van der Waals surface area contributed by atoms with E-state index in [1.54, 1.807) is 0 Å². The van der Waals surface area contributed by atoms with Crippen LogP contribution in [0.5, 0.6) is 0 Å². The molecule has 2 aliphatic rings. The smallest absolute Gasteiger partial charge is 0.0210 e. The summed E-state index contributed by atoms with van der Waals surface area (Å²) in [6.45, 7) is 5.95. The molecule has 1 heteroatoms. The second-order valence-electron chi connectivity index (χ2n) is 5.75. The van der Waals surface area contributed by atoms with Crippen LogP contribution in [-0.2, 0) is 0 Å². The van der Waals surface area contributed by atoms with Crippen molar-refractivity contribution in [1.82, 2.24) is 5.32 Å². The Hall–Kier alpha value is -0.0400. The van der Waals surface area contributed by atoms with E-state index in [2.05, 4.69) is 19.2 Å². The van der Waals surface area contributed by atoms with Crippen LogP contribution in [0.1, 0.15) is 58.8 Å². The summed E-state index contributed by atoms with van der Waals surface area (Å²) in [5.41, 5.74) is 0.592. The Morgan fingerprint density at radius 1 is 1.36 bits per heavy atom. The highest BCUT2D eigenvalue weighted by molar-refractivity contribution is 5.03. The first-order chi connectivity index (χ1) is 6.73. The lowest BCUT2D eigenvalue weighted by Crippen LogP contribution is -2.41. The molecule has 2 fully saturated rings. The Bertz CT molecular complexity index is 176. The third kappa shape index (κ3) is 2.31. The van der Waals surface area contributed by atoms with Gasteiger partial charge in [0.1, 0.15) is 0 Å². The van der Waals surface area contributed by atoms with Crippen molar-refractivity contribution in [2.75, 3.05) is 6.54 Å². The molecule has 0 radical (unpaired) electrons. The van der Waals surface area contributed by atoms with Crippen LogP contribution < -0.4 is 5.32 Å². The summed E-state index contributed by atoms with van der Waals surface area (Å²) in [4.78, 5) is 0. The van der Waals surface area contributed by atoms with Gasteiger partial charge in [0.05, 0.1) is 0 Å². The summed E-state index contributed by atoms with van der Waals surface area (Å²) in [5, 5.41) is 3.81. The molecule has 1 unspecified atom stereocenters. The van der Waals surface area contributed by atoms with E-state index in [1.165, 1.54) is 51.5 Å². The average molecular weight is 195 g/mol. The van der Waals surface area contributed by atoms with Gasteiger partial charge in [0.2, 0.25) is 0 Å². The summed E-state index contributed by atoms with van der Waals surface area (Å²) in [6.07, 6.45) is 10.1. The molecule has 0 aromatic rings. The summed E-state index contributed by atoms with van der Waals surface area (Å²) >= 11 is 0. The second kappa shape index (κ2) is 4.22. The summed E-state index contributed by atoms with van der Waals surface area (Å²) in [7, 11) is 0. The van der Waals surface area contributed by atoms with E-state index in [4.69, 9.17) is 0 Å². The van der Waals surface area contributed by atoms with Crippen LogP contribution in [0.2, 0.25) is 0 Å². The molecular weight excluding hydrogens is 170 g/mol. The Labute approximate surface area is 88.7 Å².